The van der Waals surface area contributed by atoms with E-state index in [9.17, 15) is 5.21 Å². The minimum absolute atomic E-state index is 0.306. The van der Waals surface area contributed by atoms with Crippen LogP contribution in [0.25, 0.3) is 0 Å². The van der Waals surface area contributed by atoms with E-state index in [1.165, 1.54) is 5.06 Å². The van der Waals surface area contributed by atoms with E-state index in [0.717, 1.165) is 25.7 Å². The van der Waals surface area contributed by atoms with Crippen molar-refractivity contribution < 1.29 is 5.21 Å². The molecule has 58 valence electrons. The number of hydrogen-bond acceptors (Lipinski definition) is 2. The quantitative estimate of drug-likeness (QED) is 0.546. The Kier molecular flexibility index (Phi) is 1.63. The van der Waals surface area contributed by atoms with Gasteiger partial charge in [0.05, 0.1) is 0 Å². The molecule has 2 rings (SSSR count). The third kappa shape index (κ3) is 0.949. The van der Waals surface area contributed by atoms with Crippen LogP contribution in [-0.4, -0.2) is 27.7 Å². The number of alkyl halides is 1. The van der Waals surface area contributed by atoms with Gasteiger partial charge in [-0.3, -0.25) is 0 Å². The molecule has 2 atom stereocenters. The van der Waals surface area contributed by atoms with E-state index in [0.29, 0.717) is 17.5 Å². The lowest BCUT2D eigenvalue weighted by molar-refractivity contribution is -0.148. The van der Waals surface area contributed by atoms with Crippen molar-refractivity contribution in [1.29, 1.82) is 0 Å². The number of piperidine rings is 1. The van der Waals surface area contributed by atoms with Crippen LogP contribution in [-0.2, 0) is 0 Å². The van der Waals surface area contributed by atoms with Crippen LogP contribution in [0.15, 0.2) is 0 Å². The fraction of sp³-hybridized carbons (Fsp3) is 1.00. The van der Waals surface area contributed by atoms with Gasteiger partial charge in [-0.25, -0.2) is 0 Å². The molecule has 0 aromatic heterocycles. The second-order valence-electron chi connectivity index (χ2n) is 3.33. The fourth-order valence-electron chi connectivity index (χ4n) is 2.09. The molecule has 0 aromatic carbocycles. The summed E-state index contributed by atoms with van der Waals surface area (Å²) in [4.78, 5) is 0. The summed E-state index contributed by atoms with van der Waals surface area (Å²) in [5, 5.41) is 11.2. The molecule has 3 heteroatoms. The zero-order valence-electron chi connectivity index (χ0n) is 5.83. The first-order valence-electron chi connectivity index (χ1n) is 3.88. The molecule has 0 radical (unpaired) electrons. The smallest absolute Gasteiger partial charge is 0.0368 e. The van der Waals surface area contributed by atoms with Crippen LogP contribution in [0.4, 0.5) is 0 Å². The number of fused-ring (bicyclic) bond motifs is 2. The highest BCUT2D eigenvalue weighted by atomic mass is 35.5. The third-order valence-electron chi connectivity index (χ3n) is 2.64. The summed E-state index contributed by atoms with van der Waals surface area (Å²) < 4.78 is 0. The SMILES string of the molecule is ON1C2CCC1CC(Cl)C2. The molecule has 0 aromatic rings. The fourth-order valence-corrected chi connectivity index (χ4v) is 2.50. The molecule has 0 spiro atoms. The van der Waals surface area contributed by atoms with Crippen molar-refractivity contribution in [3.8, 4) is 0 Å². The maximum absolute atomic E-state index is 9.40. The van der Waals surface area contributed by atoms with Crippen molar-refractivity contribution in [2.75, 3.05) is 0 Å². The average molecular weight is 162 g/mol. The third-order valence-corrected chi connectivity index (χ3v) is 2.99. The summed E-state index contributed by atoms with van der Waals surface area (Å²) >= 11 is 5.97. The molecule has 2 fully saturated rings. The zero-order valence-corrected chi connectivity index (χ0v) is 6.59. The number of halogens is 1. The van der Waals surface area contributed by atoms with E-state index < -0.39 is 0 Å². The van der Waals surface area contributed by atoms with Gasteiger partial charge in [-0.15, -0.1) is 11.6 Å². The van der Waals surface area contributed by atoms with Crippen LogP contribution >= 0.6 is 11.6 Å². The van der Waals surface area contributed by atoms with E-state index in [2.05, 4.69) is 0 Å². The molecule has 10 heavy (non-hydrogen) atoms. The van der Waals surface area contributed by atoms with Crippen LogP contribution in [0, 0.1) is 0 Å². The Morgan fingerprint density at radius 1 is 1.20 bits per heavy atom. The van der Waals surface area contributed by atoms with Gasteiger partial charge in [0.2, 0.25) is 0 Å². The standard InChI is InChI=1S/C7H12ClNO/c8-5-3-6-1-2-7(4-5)9(6)10/h5-7,10H,1-4H2. The zero-order chi connectivity index (χ0) is 7.14. The molecular formula is C7H12ClNO. The van der Waals surface area contributed by atoms with E-state index in [-0.39, 0.29) is 0 Å². The highest BCUT2D eigenvalue weighted by Gasteiger charge is 2.39. The highest BCUT2D eigenvalue weighted by Crippen LogP contribution is 2.35. The van der Waals surface area contributed by atoms with E-state index in [1.807, 2.05) is 0 Å². The predicted octanol–water partition coefficient (Wildman–Crippen LogP) is 1.61. The summed E-state index contributed by atoms with van der Waals surface area (Å²) in [5.74, 6) is 0. The van der Waals surface area contributed by atoms with E-state index >= 15 is 0 Å². The van der Waals surface area contributed by atoms with Crippen LogP contribution in [0.2, 0.25) is 0 Å². The topological polar surface area (TPSA) is 23.5 Å². The van der Waals surface area contributed by atoms with Crippen molar-refractivity contribution >= 4 is 11.6 Å². The van der Waals surface area contributed by atoms with Gasteiger partial charge < -0.3 is 5.21 Å². The first-order valence-corrected chi connectivity index (χ1v) is 4.32. The van der Waals surface area contributed by atoms with Crippen LogP contribution in [0.5, 0.6) is 0 Å². The highest BCUT2D eigenvalue weighted by molar-refractivity contribution is 6.20. The Bertz CT molecular complexity index is 128. The minimum Gasteiger partial charge on any atom is -0.313 e. The van der Waals surface area contributed by atoms with E-state index in [4.69, 9.17) is 11.6 Å². The Morgan fingerprint density at radius 2 is 1.70 bits per heavy atom. The van der Waals surface area contributed by atoms with Crippen LogP contribution in [0.3, 0.4) is 0 Å². The summed E-state index contributed by atoms with van der Waals surface area (Å²) in [6, 6.07) is 0.725. The van der Waals surface area contributed by atoms with Gasteiger partial charge in [0, 0.05) is 17.5 Å². The predicted molar refractivity (Wildman–Crippen MR) is 39.3 cm³/mol. The Hall–Kier alpha value is 0.210. The Labute approximate surface area is 65.7 Å². The molecule has 1 N–H and O–H groups in total. The second-order valence-corrected chi connectivity index (χ2v) is 3.95. The lowest BCUT2D eigenvalue weighted by atomic mass is 10.1. The number of hydroxylamine groups is 2. The van der Waals surface area contributed by atoms with Crippen molar-refractivity contribution in [2.45, 2.75) is 43.1 Å². The molecular weight excluding hydrogens is 150 g/mol. The molecule has 2 unspecified atom stereocenters. The summed E-state index contributed by atoms with van der Waals surface area (Å²) in [7, 11) is 0. The summed E-state index contributed by atoms with van der Waals surface area (Å²) in [6.45, 7) is 0. The minimum atomic E-state index is 0.306. The lowest BCUT2D eigenvalue weighted by Crippen LogP contribution is -2.40. The van der Waals surface area contributed by atoms with Gasteiger partial charge in [-0.05, 0) is 25.7 Å². The molecule has 0 saturated carbocycles. The molecule has 2 bridgehead atoms. The maximum atomic E-state index is 9.40. The van der Waals surface area contributed by atoms with E-state index in [1.54, 1.807) is 0 Å². The molecule has 0 aliphatic carbocycles. The van der Waals surface area contributed by atoms with Gasteiger partial charge in [-0.2, -0.15) is 5.06 Å². The first-order chi connectivity index (χ1) is 4.77. The Balaban J connectivity index is 2.09. The van der Waals surface area contributed by atoms with Gasteiger partial charge in [0.1, 0.15) is 0 Å². The van der Waals surface area contributed by atoms with Gasteiger partial charge in [-0.1, -0.05) is 0 Å². The Morgan fingerprint density at radius 3 is 2.20 bits per heavy atom. The van der Waals surface area contributed by atoms with Crippen LogP contribution in [0.1, 0.15) is 25.7 Å². The number of nitrogens with zero attached hydrogens (tertiary/aromatic N) is 1. The van der Waals surface area contributed by atoms with Gasteiger partial charge in [0.15, 0.2) is 0 Å². The van der Waals surface area contributed by atoms with Crippen molar-refractivity contribution in [1.82, 2.24) is 5.06 Å². The van der Waals surface area contributed by atoms with Crippen LogP contribution < -0.4 is 0 Å². The maximum Gasteiger partial charge on any atom is 0.0368 e. The molecule has 0 amide bonds. The van der Waals surface area contributed by atoms with Crippen molar-refractivity contribution in [3.05, 3.63) is 0 Å². The van der Waals surface area contributed by atoms with Gasteiger partial charge in [0.25, 0.3) is 0 Å². The molecule has 2 saturated heterocycles. The number of rotatable bonds is 0. The lowest BCUT2D eigenvalue weighted by Gasteiger charge is -2.31. The average Bonchev–Trinajstić information content (AvgIpc) is 2.20. The molecule has 2 aliphatic heterocycles. The summed E-state index contributed by atoms with van der Waals surface area (Å²) in [5.41, 5.74) is 0. The van der Waals surface area contributed by atoms with Crippen molar-refractivity contribution in [2.24, 2.45) is 0 Å². The summed E-state index contributed by atoms with van der Waals surface area (Å²) in [6.07, 6.45) is 4.19. The second kappa shape index (κ2) is 2.36. The first kappa shape index (κ1) is 6.89. The van der Waals surface area contributed by atoms with Crippen molar-refractivity contribution in [3.63, 3.8) is 0 Å². The molecule has 2 nitrogen and oxygen atoms in total. The molecule has 2 aliphatic rings. The normalized spacial score (nSPS) is 48.0. The largest absolute Gasteiger partial charge is 0.313 e. The number of hydrogen-bond donors (Lipinski definition) is 1. The monoisotopic (exact) mass is 161 g/mol. The molecule has 2 heterocycles. The van der Waals surface area contributed by atoms with Gasteiger partial charge >= 0.3 is 0 Å².